The van der Waals surface area contributed by atoms with E-state index in [9.17, 15) is 14.4 Å². The van der Waals surface area contributed by atoms with Crippen LogP contribution < -0.4 is 24.8 Å². The second-order valence-electron chi connectivity index (χ2n) is 8.78. The van der Waals surface area contributed by atoms with E-state index >= 15 is 0 Å². The highest BCUT2D eigenvalue weighted by molar-refractivity contribution is 5.94. The fourth-order valence-corrected chi connectivity index (χ4v) is 3.94. The molecule has 0 aliphatic heterocycles. The molecule has 206 valence electrons. The molecular weight excluding hydrogens is 512 g/mol. The summed E-state index contributed by atoms with van der Waals surface area (Å²) in [5.41, 5.74) is 1.04. The number of hydrogen-bond donors (Lipinski definition) is 2. The first-order valence-electron chi connectivity index (χ1n) is 12.7. The maximum absolute atomic E-state index is 12.3. The van der Waals surface area contributed by atoms with Gasteiger partial charge in [-0.15, -0.1) is 0 Å². The molecule has 0 spiro atoms. The van der Waals surface area contributed by atoms with Gasteiger partial charge in [0.15, 0.2) is 6.61 Å². The van der Waals surface area contributed by atoms with Crippen molar-refractivity contribution in [3.05, 3.63) is 84.9 Å². The van der Waals surface area contributed by atoms with Gasteiger partial charge in [0.05, 0.1) is 19.9 Å². The zero-order valence-electron chi connectivity index (χ0n) is 22.3. The van der Waals surface area contributed by atoms with Crippen LogP contribution in [-0.2, 0) is 19.1 Å². The highest BCUT2D eigenvalue weighted by Crippen LogP contribution is 2.31. The Kier molecular flexibility index (Phi) is 9.55. The third-order valence-electron chi connectivity index (χ3n) is 5.95. The van der Waals surface area contributed by atoms with E-state index in [0.29, 0.717) is 28.6 Å². The minimum Gasteiger partial charge on any atom is -0.497 e. The van der Waals surface area contributed by atoms with Crippen molar-refractivity contribution in [1.82, 2.24) is 0 Å². The summed E-state index contributed by atoms with van der Waals surface area (Å²) in [6.45, 7) is -0.451. The molecule has 0 aliphatic rings. The van der Waals surface area contributed by atoms with Crippen LogP contribution in [0.4, 0.5) is 11.4 Å². The number of carbonyl (C=O) groups is 3. The number of carbonyl (C=O) groups excluding carboxylic acids is 3. The van der Waals surface area contributed by atoms with Gasteiger partial charge < -0.3 is 29.6 Å². The molecule has 4 rings (SSSR count). The summed E-state index contributed by atoms with van der Waals surface area (Å²) in [6.07, 6.45) is 0.407. The Morgan fingerprint density at radius 1 is 0.700 bits per heavy atom. The highest BCUT2D eigenvalue weighted by Gasteiger charge is 2.12. The molecule has 4 aromatic carbocycles. The topological polar surface area (TPSA) is 112 Å². The van der Waals surface area contributed by atoms with Gasteiger partial charge in [-0.1, -0.05) is 36.4 Å². The van der Waals surface area contributed by atoms with Crippen LogP contribution in [0.3, 0.4) is 0 Å². The van der Waals surface area contributed by atoms with Crippen LogP contribution >= 0.6 is 0 Å². The molecule has 0 saturated heterocycles. The molecule has 0 aliphatic carbocycles. The van der Waals surface area contributed by atoms with Gasteiger partial charge >= 0.3 is 5.97 Å². The fourth-order valence-electron chi connectivity index (χ4n) is 3.94. The Balaban J connectivity index is 1.16. The van der Waals surface area contributed by atoms with Crippen LogP contribution in [-0.4, -0.2) is 38.6 Å². The van der Waals surface area contributed by atoms with Crippen LogP contribution in [0.2, 0.25) is 0 Å². The number of ether oxygens (including phenoxy) is 4. The van der Waals surface area contributed by atoms with Gasteiger partial charge in [0.1, 0.15) is 23.0 Å². The molecule has 0 aromatic heterocycles. The summed E-state index contributed by atoms with van der Waals surface area (Å²) in [7, 11) is 2.99. The van der Waals surface area contributed by atoms with E-state index in [1.54, 1.807) is 42.5 Å². The monoisotopic (exact) mass is 542 g/mol. The van der Waals surface area contributed by atoms with Crippen molar-refractivity contribution in [2.24, 2.45) is 0 Å². The molecule has 0 saturated carbocycles. The molecule has 0 radical (unpaired) electrons. The number of esters is 1. The molecule has 0 heterocycles. The number of benzene rings is 4. The van der Waals surface area contributed by atoms with Crippen LogP contribution in [0.25, 0.3) is 10.8 Å². The van der Waals surface area contributed by atoms with Crippen molar-refractivity contribution in [1.29, 1.82) is 0 Å². The lowest BCUT2D eigenvalue weighted by Crippen LogP contribution is -2.21. The average Bonchev–Trinajstić information content (AvgIpc) is 2.97. The number of nitrogens with one attached hydrogen (secondary N) is 2. The van der Waals surface area contributed by atoms with Crippen molar-refractivity contribution in [3.8, 4) is 23.0 Å². The van der Waals surface area contributed by atoms with Gasteiger partial charge in [-0.2, -0.15) is 0 Å². The molecule has 0 unspecified atom stereocenters. The van der Waals surface area contributed by atoms with Gasteiger partial charge in [-0.05, 0) is 54.3 Å². The highest BCUT2D eigenvalue weighted by atomic mass is 16.5. The molecule has 2 amide bonds. The van der Waals surface area contributed by atoms with Gasteiger partial charge in [0, 0.05) is 30.0 Å². The number of amides is 2. The first kappa shape index (κ1) is 28.0. The summed E-state index contributed by atoms with van der Waals surface area (Å²) in [5, 5.41) is 7.53. The van der Waals surface area contributed by atoms with Gasteiger partial charge in [-0.3, -0.25) is 14.4 Å². The molecule has 0 atom stereocenters. The Hall–Kier alpha value is -5.05. The van der Waals surface area contributed by atoms with Crippen molar-refractivity contribution < 1.29 is 33.3 Å². The smallest absolute Gasteiger partial charge is 0.306 e. The summed E-state index contributed by atoms with van der Waals surface area (Å²) in [5.74, 6) is 1.07. The quantitative estimate of drug-likeness (QED) is 0.213. The molecule has 9 heteroatoms. The molecule has 9 nitrogen and oxygen atoms in total. The molecule has 2 N–H and O–H groups in total. The number of methoxy groups -OCH3 is 2. The largest absolute Gasteiger partial charge is 0.497 e. The van der Waals surface area contributed by atoms with Gasteiger partial charge in [-0.25, -0.2) is 0 Å². The minimum absolute atomic E-state index is 0.00433. The van der Waals surface area contributed by atoms with Crippen LogP contribution in [0.1, 0.15) is 19.3 Å². The minimum atomic E-state index is -0.570. The summed E-state index contributed by atoms with van der Waals surface area (Å²) in [6, 6.07) is 25.8. The summed E-state index contributed by atoms with van der Waals surface area (Å²) < 4.78 is 21.4. The second kappa shape index (κ2) is 13.7. The van der Waals surface area contributed by atoms with E-state index in [1.165, 1.54) is 14.2 Å². The average molecular weight is 543 g/mol. The maximum atomic E-state index is 12.3. The van der Waals surface area contributed by atoms with Crippen LogP contribution in [0.15, 0.2) is 84.9 Å². The summed E-state index contributed by atoms with van der Waals surface area (Å²) in [4.78, 5) is 36.5. The first-order valence-corrected chi connectivity index (χ1v) is 12.7. The zero-order valence-corrected chi connectivity index (χ0v) is 22.3. The summed E-state index contributed by atoms with van der Waals surface area (Å²) >= 11 is 0. The lowest BCUT2D eigenvalue weighted by atomic mass is 10.1. The van der Waals surface area contributed by atoms with Crippen LogP contribution in [0.5, 0.6) is 23.0 Å². The molecule has 40 heavy (non-hydrogen) atoms. The van der Waals surface area contributed by atoms with E-state index in [-0.39, 0.29) is 25.2 Å². The third kappa shape index (κ3) is 7.73. The lowest BCUT2D eigenvalue weighted by molar-refractivity contribution is -0.147. The second-order valence-corrected chi connectivity index (χ2v) is 8.78. The predicted molar refractivity (Wildman–Crippen MR) is 152 cm³/mol. The Labute approximate surface area is 232 Å². The van der Waals surface area contributed by atoms with E-state index in [4.69, 9.17) is 18.9 Å². The number of rotatable bonds is 12. The zero-order chi connectivity index (χ0) is 28.3. The molecule has 4 aromatic rings. The van der Waals surface area contributed by atoms with E-state index in [2.05, 4.69) is 10.6 Å². The predicted octanol–water partition coefficient (Wildman–Crippen LogP) is 5.94. The first-order chi connectivity index (χ1) is 19.4. The van der Waals surface area contributed by atoms with Gasteiger partial charge in [0.25, 0.3) is 5.91 Å². The molecule has 0 fully saturated rings. The van der Waals surface area contributed by atoms with Gasteiger partial charge in [0.2, 0.25) is 5.91 Å². The Bertz CT molecular complexity index is 1480. The van der Waals surface area contributed by atoms with E-state index < -0.39 is 18.5 Å². The fraction of sp³-hybridized carbons (Fsp3) is 0.194. The third-order valence-corrected chi connectivity index (χ3v) is 5.95. The normalized spacial score (nSPS) is 10.4. The van der Waals surface area contributed by atoms with Crippen LogP contribution in [0, 0.1) is 0 Å². The van der Waals surface area contributed by atoms with E-state index in [1.807, 2.05) is 42.5 Å². The Morgan fingerprint density at radius 3 is 2.23 bits per heavy atom. The number of anilines is 2. The number of hydrogen-bond acceptors (Lipinski definition) is 7. The van der Waals surface area contributed by atoms with Crippen molar-refractivity contribution >= 4 is 39.9 Å². The van der Waals surface area contributed by atoms with Crippen molar-refractivity contribution in [2.45, 2.75) is 19.3 Å². The molecular formula is C31H30N2O7. The SMILES string of the molecule is COc1ccc(NC(=O)COC(=O)CCCC(=O)Nc2ccc(Oc3cccc4ccccc34)cc2)c(OC)c1. The van der Waals surface area contributed by atoms with Crippen molar-refractivity contribution in [2.75, 3.05) is 31.5 Å². The van der Waals surface area contributed by atoms with Crippen molar-refractivity contribution in [3.63, 3.8) is 0 Å². The number of fused-ring (bicyclic) bond motifs is 1. The Morgan fingerprint density at radius 2 is 1.45 bits per heavy atom. The standard InChI is InChI=1S/C31H30N2O7/c1-37-24-17-18-26(28(19-24)38-2)33-30(35)20-39-31(36)12-6-11-29(34)32-22-13-15-23(16-14-22)40-27-10-5-8-21-7-3-4-9-25(21)27/h3-5,7-10,13-19H,6,11-12,20H2,1-2H3,(H,32,34)(H,33,35). The van der Waals surface area contributed by atoms with E-state index in [0.717, 1.165) is 16.5 Å². The maximum Gasteiger partial charge on any atom is 0.306 e. The molecule has 0 bridgehead atoms. The lowest BCUT2D eigenvalue weighted by Gasteiger charge is -2.12.